The summed E-state index contributed by atoms with van der Waals surface area (Å²) in [6, 6.07) is 9.21. The Morgan fingerprint density at radius 3 is 2.79 bits per heavy atom. The smallest absolute Gasteiger partial charge is 0.329 e. The fourth-order valence-corrected chi connectivity index (χ4v) is 4.08. The number of likely N-dealkylation sites (tertiary alicyclic amines) is 1. The van der Waals surface area contributed by atoms with Crippen molar-refractivity contribution in [3.8, 4) is 0 Å². The Kier molecular flexibility index (Phi) is 4.90. The number of rotatable bonds is 5. The number of nitrogens with one attached hydrogen (secondary N) is 1. The molecule has 0 bridgehead atoms. The van der Waals surface area contributed by atoms with Crippen LogP contribution in [-0.2, 0) is 20.9 Å². The van der Waals surface area contributed by atoms with E-state index in [9.17, 15) is 9.59 Å². The fraction of sp³-hybridized carbons (Fsp3) is 0.579. The molecule has 0 saturated carbocycles. The van der Waals surface area contributed by atoms with E-state index in [1.807, 2.05) is 44.2 Å². The third-order valence-electron chi connectivity index (χ3n) is 5.31. The molecule has 5 nitrogen and oxygen atoms in total. The quantitative estimate of drug-likeness (QED) is 0.840. The summed E-state index contributed by atoms with van der Waals surface area (Å²) in [7, 11) is 0. The average molecular weight is 330 g/mol. The van der Waals surface area contributed by atoms with E-state index < -0.39 is 6.04 Å². The number of hydrogen-bond donors (Lipinski definition) is 1. The van der Waals surface area contributed by atoms with Crippen LogP contribution in [0.1, 0.15) is 38.7 Å². The van der Waals surface area contributed by atoms with Crippen molar-refractivity contribution in [2.45, 2.75) is 51.8 Å². The molecule has 1 aromatic carbocycles. The largest absolute Gasteiger partial charge is 0.459 e. The summed E-state index contributed by atoms with van der Waals surface area (Å²) < 4.78 is 5.49. The van der Waals surface area contributed by atoms with E-state index in [0.29, 0.717) is 6.42 Å². The molecule has 3 atom stereocenters. The van der Waals surface area contributed by atoms with Crippen molar-refractivity contribution in [1.29, 1.82) is 0 Å². The first kappa shape index (κ1) is 17.0. The van der Waals surface area contributed by atoms with Gasteiger partial charge in [-0.05, 0) is 38.3 Å². The van der Waals surface area contributed by atoms with Gasteiger partial charge < -0.3 is 15.0 Å². The maximum atomic E-state index is 13.0. The topological polar surface area (TPSA) is 58.6 Å². The summed E-state index contributed by atoms with van der Waals surface area (Å²) >= 11 is 0. The molecular weight excluding hydrogens is 304 g/mol. The third-order valence-corrected chi connectivity index (χ3v) is 5.31. The summed E-state index contributed by atoms with van der Waals surface area (Å²) in [5.41, 5.74) is 0.643. The lowest BCUT2D eigenvalue weighted by Crippen LogP contribution is -2.48. The van der Waals surface area contributed by atoms with Gasteiger partial charge in [-0.1, -0.05) is 37.3 Å². The maximum absolute atomic E-state index is 13.0. The Labute approximate surface area is 143 Å². The Balaban J connectivity index is 1.68. The Morgan fingerprint density at radius 2 is 2.17 bits per heavy atom. The van der Waals surface area contributed by atoms with E-state index >= 15 is 0 Å². The van der Waals surface area contributed by atoms with Gasteiger partial charge in [-0.25, -0.2) is 4.79 Å². The number of amides is 1. The highest BCUT2D eigenvalue weighted by Crippen LogP contribution is 2.42. The van der Waals surface area contributed by atoms with Crippen molar-refractivity contribution < 1.29 is 14.3 Å². The zero-order chi connectivity index (χ0) is 17.2. The van der Waals surface area contributed by atoms with Crippen LogP contribution < -0.4 is 5.32 Å². The average Bonchev–Trinajstić information content (AvgIpc) is 3.15. The molecule has 2 aliphatic rings. The summed E-state index contributed by atoms with van der Waals surface area (Å²) in [6.45, 7) is 5.83. The van der Waals surface area contributed by atoms with Crippen molar-refractivity contribution >= 4 is 11.9 Å². The Hall–Kier alpha value is -1.88. The van der Waals surface area contributed by atoms with E-state index in [2.05, 4.69) is 5.32 Å². The number of esters is 1. The van der Waals surface area contributed by atoms with Gasteiger partial charge in [0.25, 0.3) is 0 Å². The molecular formula is C19H26N2O3. The minimum atomic E-state index is -0.490. The van der Waals surface area contributed by atoms with Gasteiger partial charge in [0, 0.05) is 12.6 Å². The number of nitrogens with zero attached hydrogens (tertiary/aromatic N) is 1. The van der Waals surface area contributed by atoms with Gasteiger partial charge in [-0.2, -0.15) is 0 Å². The van der Waals surface area contributed by atoms with Crippen LogP contribution in [0.25, 0.3) is 0 Å². The SMILES string of the molecule is CC[C@@H](C(=O)OCc1ccccc1)N1C(=O)[C@@]2(CCNC2)C[C@@H]1C. The Morgan fingerprint density at radius 1 is 1.42 bits per heavy atom. The van der Waals surface area contributed by atoms with Crippen LogP contribution in [0.2, 0.25) is 0 Å². The van der Waals surface area contributed by atoms with E-state index in [1.165, 1.54) is 0 Å². The molecule has 0 aromatic heterocycles. The predicted octanol–water partition coefficient (Wildman–Crippen LogP) is 2.11. The monoisotopic (exact) mass is 330 g/mol. The zero-order valence-corrected chi connectivity index (χ0v) is 14.5. The van der Waals surface area contributed by atoms with Gasteiger partial charge >= 0.3 is 5.97 Å². The molecule has 2 aliphatic heterocycles. The molecule has 1 spiro atoms. The maximum Gasteiger partial charge on any atom is 0.329 e. The minimum Gasteiger partial charge on any atom is -0.459 e. The molecule has 24 heavy (non-hydrogen) atoms. The van der Waals surface area contributed by atoms with Crippen LogP contribution in [0, 0.1) is 5.41 Å². The lowest BCUT2D eigenvalue weighted by molar-refractivity contribution is -0.157. The number of hydrogen-bond acceptors (Lipinski definition) is 4. The number of carbonyl (C=O) groups is 2. The van der Waals surface area contributed by atoms with Gasteiger partial charge in [0.15, 0.2) is 0 Å². The molecule has 2 saturated heterocycles. The summed E-state index contributed by atoms with van der Waals surface area (Å²) in [5, 5.41) is 3.30. The van der Waals surface area contributed by atoms with Crippen LogP contribution >= 0.6 is 0 Å². The number of benzene rings is 1. The second-order valence-electron chi connectivity index (χ2n) is 6.99. The highest BCUT2D eigenvalue weighted by Gasteiger charge is 2.54. The number of ether oxygens (including phenoxy) is 1. The van der Waals surface area contributed by atoms with E-state index in [0.717, 1.165) is 31.5 Å². The van der Waals surface area contributed by atoms with Gasteiger partial charge in [-0.3, -0.25) is 4.79 Å². The van der Waals surface area contributed by atoms with Gasteiger partial charge in [0.1, 0.15) is 12.6 Å². The summed E-state index contributed by atoms with van der Waals surface area (Å²) in [4.78, 5) is 27.4. The number of carbonyl (C=O) groups excluding carboxylic acids is 2. The van der Waals surface area contributed by atoms with Crippen LogP contribution in [0.4, 0.5) is 0 Å². The second kappa shape index (κ2) is 6.93. The van der Waals surface area contributed by atoms with Crippen molar-refractivity contribution in [3.05, 3.63) is 35.9 Å². The molecule has 2 fully saturated rings. The van der Waals surface area contributed by atoms with E-state index in [-0.39, 0.29) is 29.9 Å². The first-order valence-electron chi connectivity index (χ1n) is 8.81. The molecule has 3 rings (SSSR count). The molecule has 5 heteroatoms. The van der Waals surface area contributed by atoms with E-state index in [4.69, 9.17) is 4.74 Å². The lowest BCUT2D eigenvalue weighted by Gasteiger charge is -2.30. The molecule has 0 unspecified atom stereocenters. The Bertz CT molecular complexity index is 596. The highest BCUT2D eigenvalue weighted by atomic mass is 16.5. The predicted molar refractivity (Wildman–Crippen MR) is 91.2 cm³/mol. The highest BCUT2D eigenvalue weighted by molar-refractivity contribution is 5.90. The third kappa shape index (κ3) is 3.05. The van der Waals surface area contributed by atoms with Crippen LogP contribution in [0.3, 0.4) is 0 Å². The van der Waals surface area contributed by atoms with Crippen molar-refractivity contribution in [1.82, 2.24) is 10.2 Å². The molecule has 2 heterocycles. The van der Waals surface area contributed by atoms with Gasteiger partial charge in [-0.15, -0.1) is 0 Å². The van der Waals surface area contributed by atoms with E-state index in [1.54, 1.807) is 4.90 Å². The molecule has 1 amide bonds. The first-order chi connectivity index (χ1) is 11.6. The van der Waals surface area contributed by atoms with Crippen LogP contribution in [0.15, 0.2) is 30.3 Å². The second-order valence-corrected chi connectivity index (χ2v) is 6.99. The van der Waals surface area contributed by atoms with Crippen molar-refractivity contribution in [2.24, 2.45) is 5.41 Å². The molecule has 0 aliphatic carbocycles. The van der Waals surface area contributed by atoms with Crippen LogP contribution in [-0.4, -0.2) is 41.9 Å². The minimum absolute atomic E-state index is 0.0756. The lowest BCUT2D eigenvalue weighted by atomic mass is 9.84. The van der Waals surface area contributed by atoms with Crippen molar-refractivity contribution in [2.75, 3.05) is 13.1 Å². The standard InChI is InChI=1S/C19H26N2O3/c1-3-16(17(22)24-12-15-7-5-4-6-8-15)21-14(2)11-19(18(21)23)9-10-20-13-19/h4-8,14,16,20H,3,9-13H2,1-2H3/t14-,16-,19-/m0/s1. The molecule has 130 valence electrons. The molecule has 1 N–H and O–H groups in total. The molecule has 1 aromatic rings. The fourth-order valence-electron chi connectivity index (χ4n) is 4.08. The summed E-state index contributed by atoms with van der Waals surface area (Å²) in [5.74, 6) is -0.187. The zero-order valence-electron chi connectivity index (χ0n) is 14.5. The van der Waals surface area contributed by atoms with Crippen LogP contribution in [0.5, 0.6) is 0 Å². The first-order valence-corrected chi connectivity index (χ1v) is 8.81. The van der Waals surface area contributed by atoms with Crippen molar-refractivity contribution in [3.63, 3.8) is 0 Å². The van der Waals surface area contributed by atoms with Gasteiger partial charge in [0.05, 0.1) is 5.41 Å². The normalized spacial score (nSPS) is 27.7. The molecule has 0 radical (unpaired) electrons. The van der Waals surface area contributed by atoms with Gasteiger partial charge in [0.2, 0.25) is 5.91 Å². The summed E-state index contributed by atoms with van der Waals surface area (Å²) in [6.07, 6.45) is 2.26.